The molecule has 0 bridgehead atoms. The second-order valence-corrected chi connectivity index (χ2v) is 7.53. The molecule has 3 heterocycles. The lowest BCUT2D eigenvalue weighted by Gasteiger charge is -2.38. The van der Waals surface area contributed by atoms with Crippen molar-refractivity contribution in [3.63, 3.8) is 0 Å². The molecule has 1 aliphatic heterocycles. The van der Waals surface area contributed by atoms with Gasteiger partial charge in [0.25, 0.3) is 0 Å². The fourth-order valence-corrected chi connectivity index (χ4v) is 3.38. The van der Waals surface area contributed by atoms with Gasteiger partial charge in [0.15, 0.2) is 5.60 Å². The van der Waals surface area contributed by atoms with Gasteiger partial charge in [-0.1, -0.05) is 6.07 Å². The summed E-state index contributed by atoms with van der Waals surface area (Å²) in [5, 5.41) is 17.3. The lowest BCUT2D eigenvalue weighted by molar-refractivity contribution is -0.207. The summed E-state index contributed by atoms with van der Waals surface area (Å²) in [6.45, 7) is -0.744. The number of halogens is 4. The predicted octanol–water partition coefficient (Wildman–Crippen LogP) is 2.92. The van der Waals surface area contributed by atoms with Gasteiger partial charge in [-0.2, -0.15) is 8.78 Å². The summed E-state index contributed by atoms with van der Waals surface area (Å²) >= 11 is 0. The number of alkyl halides is 2. The fourth-order valence-electron chi connectivity index (χ4n) is 3.38. The number of nitrogens with zero attached hydrogens (tertiary/aromatic N) is 5. The van der Waals surface area contributed by atoms with E-state index in [1.54, 1.807) is 24.4 Å². The van der Waals surface area contributed by atoms with E-state index in [2.05, 4.69) is 20.6 Å². The van der Waals surface area contributed by atoms with Crippen molar-refractivity contribution in [1.29, 1.82) is 0 Å². The maximum atomic E-state index is 15.8. The molecule has 4 rings (SSSR count). The average Bonchev–Trinajstić information content (AvgIpc) is 3.22. The molecule has 8 nitrogen and oxygen atoms in total. The van der Waals surface area contributed by atoms with Crippen LogP contribution < -0.4 is 10.3 Å². The van der Waals surface area contributed by atoms with Gasteiger partial charge in [-0.25, -0.2) is 13.9 Å². The van der Waals surface area contributed by atoms with Gasteiger partial charge in [0.2, 0.25) is 0 Å². The quantitative estimate of drug-likeness (QED) is 0.484. The summed E-state index contributed by atoms with van der Waals surface area (Å²) in [5.41, 5.74) is -1.59. The molecule has 1 aromatic carbocycles. The molecule has 2 N–H and O–H groups in total. The summed E-state index contributed by atoms with van der Waals surface area (Å²) < 4.78 is 65.1. The summed E-state index contributed by atoms with van der Waals surface area (Å²) in [7, 11) is 1.50. The van der Waals surface area contributed by atoms with Crippen molar-refractivity contribution < 1.29 is 27.4 Å². The topological polar surface area (TPSA) is 86.1 Å². The zero-order valence-electron chi connectivity index (χ0n) is 17.9. The minimum absolute atomic E-state index is 0.0937. The Bertz CT molecular complexity index is 1170. The van der Waals surface area contributed by atoms with Crippen molar-refractivity contribution in [1.82, 2.24) is 25.6 Å². The lowest BCUT2D eigenvalue weighted by atomic mass is 9.84. The van der Waals surface area contributed by atoms with Crippen molar-refractivity contribution in [2.75, 3.05) is 13.6 Å². The Morgan fingerprint density at radius 3 is 2.53 bits per heavy atom. The van der Waals surface area contributed by atoms with E-state index in [1.165, 1.54) is 18.2 Å². The summed E-state index contributed by atoms with van der Waals surface area (Å²) in [5.74, 6) is -6.22. The van der Waals surface area contributed by atoms with Crippen LogP contribution in [0.2, 0.25) is 0 Å². The van der Waals surface area contributed by atoms with Crippen molar-refractivity contribution in [3.8, 4) is 5.75 Å². The molecule has 0 saturated heterocycles. The van der Waals surface area contributed by atoms with E-state index >= 15 is 8.78 Å². The first-order valence-corrected chi connectivity index (χ1v) is 10.0. The number of pyridine rings is 2. The second-order valence-electron chi connectivity index (χ2n) is 7.53. The van der Waals surface area contributed by atoms with Crippen molar-refractivity contribution in [3.05, 3.63) is 89.5 Å². The minimum Gasteiger partial charge on any atom is -0.486 e. The number of benzene rings is 1. The standard InChI is InChI=1S/C22H20F4N6O2/c1-31-29-14-32(30-31)13-21(33,18-7-5-15(23)10-19(18)24)22(25,26)20-8-6-17(11-28-20)34-12-16-4-2-3-9-27-16/h2-11,14,30,33H,12-13H2,1H3. The zero-order valence-corrected chi connectivity index (χ0v) is 17.9. The second kappa shape index (κ2) is 9.23. The molecule has 0 fully saturated rings. The Balaban J connectivity index is 1.63. The smallest absolute Gasteiger partial charge is 0.323 e. The largest absolute Gasteiger partial charge is 0.486 e. The maximum Gasteiger partial charge on any atom is 0.323 e. The fraction of sp³-hybridized carbons (Fsp3) is 0.227. The molecule has 1 aliphatic rings. The number of aliphatic hydroxyl groups is 1. The van der Waals surface area contributed by atoms with Gasteiger partial charge in [-0.15, -0.1) is 10.6 Å². The molecule has 1 atom stereocenters. The van der Waals surface area contributed by atoms with Crippen LogP contribution in [0.5, 0.6) is 5.75 Å². The van der Waals surface area contributed by atoms with Gasteiger partial charge >= 0.3 is 5.92 Å². The molecule has 178 valence electrons. The van der Waals surface area contributed by atoms with Crippen LogP contribution in [0.15, 0.2) is 66.0 Å². The molecule has 0 spiro atoms. The molecule has 34 heavy (non-hydrogen) atoms. The molecule has 0 radical (unpaired) electrons. The Kier molecular flexibility index (Phi) is 6.35. The molecule has 0 amide bonds. The summed E-state index contributed by atoms with van der Waals surface area (Å²) in [4.78, 5) is 7.86. The molecule has 0 aliphatic carbocycles. The SMILES string of the molecule is CN1N=CN(CC(O)(c2ccc(F)cc2F)C(F)(F)c2ccc(OCc3ccccn3)cn2)N1. The Morgan fingerprint density at radius 2 is 1.91 bits per heavy atom. The highest BCUT2D eigenvalue weighted by Crippen LogP contribution is 2.46. The third-order valence-electron chi connectivity index (χ3n) is 5.10. The first-order chi connectivity index (χ1) is 16.2. The number of aromatic nitrogens is 2. The van der Waals surface area contributed by atoms with Gasteiger partial charge in [0, 0.05) is 24.9 Å². The molecule has 1 unspecified atom stereocenters. The van der Waals surface area contributed by atoms with Crippen molar-refractivity contribution in [2.45, 2.75) is 18.1 Å². The van der Waals surface area contributed by atoms with Crippen LogP contribution >= 0.6 is 0 Å². The monoisotopic (exact) mass is 476 g/mol. The van der Waals surface area contributed by atoms with Gasteiger partial charge < -0.3 is 9.84 Å². The number of hydrazone groups is 1. The third-order valence-corrected chi connectivity index (χ3v) is 5.10. The lowest BCUT2D eigenvalue weighted by Crippen LogP contribution is -2.55. The van der Waals surface area contributed by atoms with E-state index in [0.29, 0.717) is 11.8 Å². The van der Waals surface area contributed by atoms with Gasteiger partial charge in [-0.05, 0) is 36.4 Å². The Morgan fingerprint density at radius 1 is 1.09 bits per heavy atom. The molecule has 12 heteroatoms. The number of rotatable bonds is 8. The Labute approximate surface area is 192 Å². The van der Waals surface area contributed by atoms with Crippen LogP contribution in [0.1, 0.15) is 17.0 Å². The van der Waals surface area contributed by atoms with E-state index in [4.69, 9.17) is 4.74 Å². The van der Waals surface area contributed by atoms with E-state index in [9.17, 15) is 13.9 Å². The highest BCUT2D eigenvalue weighted by Gasteiger charge is 2.58. The van der Waals surface area contributed by atoms with Gasteiger partial charge in [0.05, 0.1) is 18.4 Å². The summed E-state index contributed by atoms with van der Waals surface area (Å²) in [6.07, 6.45) is 3.80. The average molecular weight is 476 g/mol. The van der Waals surface area contributed by atoms with Crippen LogP contribution in [0.4, 0.5) is 17.6 Å². The number of nitrogens with one attached hydrogen (secondary N) is 1. The van der Waals surface area contributed by atoms with E-state index in [1.807, 2.05) is 0 Å². The molecule has 0 saturated carbocycles. The van der Waals surface area contributed by atoms with E-state index in [0.717, 1.165) is 35.7 Å². The van der Waals surface area contributed by atoms with Gasteiger partial charge in [0.1, 0.15) is 36.0 Å². The van der Waals surface area contributed by atoms with Crippen LogP contribution in [0, 0.1) is 11.6 Å². The van der Waals surface area contributed by atoms with E-state index < -0.39 is 41.0 Å². The molecule has 2 aromatic heterocycles. The summed E-state index contributed by atoms with van der Waals surface area (Å²) in [6, 6.07) is 9.48. The zero-order chi connectivity index (χ0) is 24.3. The predicted molar refractivity (Wildman–Crippen MR) is 113 cm³/mol. The van der Waals surface area contributed by atoms with Gasteiger partial charge in [-0.3, -0.25) is 15.0 Å². The first-order valence-electron chi connectivity index (χ1n) is 10.0. The van der Waals surface area contributed by atoms with Crippen LogP contribution in [0.3, 0.4) is 0 Å². The highest BCUT2D eigenvalue weighted by atomic mass is 19.3. The molecule has 3 aromatic rings. The third kappa shape index (κ3) is 4.63. The highest BCUT2D eigenvalue weighted by molar-refractivity contribution is 5.55. The van der Waals surface area contributed by atoms with Crippen LogP contribution in [-0.4, -0.2) is 45.1 Å². The number of hydrogen-bond acceptors (Lipinski definition) is 8. The van der Waals surface area contributed by atoms with Crippen LogP contribution in [0.25, 0.3) is 0 Å². The number of hydrogen-bond donors (Lipinski definition) is 2. The Hall–Kier alpha value is -3.77. The number of hydrazine groups is 2. The normalized spacial score (nSPS) is 15.5. The van der Waals surface area contributed by atoms with Crippen LogP contribution in [-0.2, 0) is 18.1 Å². The minimum atomic E-state index is -4.11. The molecular weight excluding hydrogens is 456 g/mol. The maximum absolute atomic E-state index is 15.8. The van der Waals surface area contributed by atoms with E-state index in [-0.39, 0.29) is 12.4 Å². The number of ether oxygens (including phenoxy) is 1. The first kappa shape index (κ1) is 23.4. The number of β-amino-alcohol motifs (C(OH)–C–C–N with tert-alkyl or cyclic N) is 1. The van der Waals surface area contributed by atoms with Crippen molar-refractivity contribution >= 4 is 6.34 Å². The molecular formula is C22H20F4N6O2. The van der Waals surface area contributed by atoms with Crippen molar-refractivity contribution in [2.24, 2.45) is 5.10 Å².